The Hall–Kier alpha value is -0.610. The summed E-state index contributed by atoms with van der Waals surface area (Å²) < 4.78 is 5.30. The minimum absolute atomic E-state index is 0.285. The molecule has 1 fully saturated rings. The highest BCUT2D eigenvalue weighted by atomic mass is 16.5. The average molecular weight is 270 g/mol. The standard InChI is InChI=1S/C15H30N2O2/c1-4-19-11-5-6-15(18)17(13(2)3)12-14-7-9-16-10-8-14/h13-14,16H,4-12H2,1-3H3. The number of nitrogens with zero attached hydrogens (tertiary/aromatic N) is 1. The second-order valence-corrected chi connectivity index (χ2v) is 5.63. The first-order valence-electron chi connectivity index (χ1n) is 7.73. The number of piperidine rings is 1. The number of nitrogens with one attached hydrogen (secondary N) is 1. The Morgan fingerprint density at radius 1 is 1.37 bits per heavy atom. The molecule has 112 valence electrons. The number of carbonyl (C=O) groups excluding carboxylic acids is 1. The van der Waals surface area contributed by atoms with E-state index >= 15 is 0 Å². The molecule has 0 aromatic carbocycles. The molecule has 1 aliphatic heterocycles. The van der Waals surface area contributed by atoms with Gasteiger partial charge in [-0.2, -0.15) is 0 Å². The molecule has 0 bridgehead atoms. The fourth-order valence-corrected chi connectivity index (χ4v) is 2.56. The van der Waals surface area contributed by atoms with Crippen LogP contribution in [0.1, 0.15) is 46.5 Å². The van der Waals surface area contributed by atoms with E-state index in [2.05, 4.69) is 24.1 Å². The number of hydrogen-bond donors (Lipinski definition) is 1. The topological polar surface area (TPSA) is 41.6 Å². The van der Waals surface area contributed by atoms with Crippen molar-refractivity contribution in [3.8, 4) is 0 Å². The van der Waals surface area contributed by atoms with E-state index in [4.69, 9.17) is 4.74 Å². The van der Waals surface area contributed by atoms with Crippen LogP contribution >= 0.6 is 0 Å². The lowest BCUT2D eigenvalue weighted by atomic mass is 9.97. The summed E-state index contributed by atoms with van der Waals surface area (Å²) in [6, 6.07) is 0.300. The molecule has 4 nitrogen and oxygen atoms in total. The van der Waals surface area contributed by atoms with Crippen molar-refractivity contribution >= 4 is 5.91 Å². The van der Waals surface area contributed by atoms with Crippen LogP contribution in [-0.4, -0.2) is 49.7 Å². The Morgan fingerprint density at radius 3 is 2.63 bits per heavy atom. The van der Waals surface area contributed by atoms with E-state index in [9.17, 15) is 4.79 Å². The summed E-state index contributed by atoms with van der Waals surface area (Å²) in [5.41, 5.74) is 0. The Bertz CT molecular complexity index is 251. The molecule has 1 saturated heterocycles. The molecule has 0 spiro atoms. The van der Waals surface area contributed by atoms with Crippen LogP contribution in [0.3, 0.4) is 0 Å². The van der Waals surface area contributed by atoms with Gasteiger partial charge in [-0.15, -0.1) is 0 Å². The average Bonchev–Trinajstić information content (AvgIpc) is 2.41. The normalized spacial score (nSPS) is 16.8. The van der Waals surface area contributed by atoms with Gasteiger partial charge in [0.15, 0.2) is 0 Å². The highest BCUT2D eigenvalue weighted by Gasteiger charge is 2.22. The predicted octanol–water partition coefficient (Wildman–Crippen LogP) is 2.04. The highest BCUT2D eigenvalue weighted by Crippen LogP contribution is 2.16. The summed E-state index contributed by atoms with van der Waals surface area (Å²) in [6.07, 6.45) is 3.83. The van der Waals surface area contributed by atoms with Gasteiger partial charge in [-0.1, -0.05) is 0 Å². The summed E-state index contributed by atoms with van der Waals surface area (Å²) in [5.74, 6) is 0.952. The molecule has 1 rings (SSSR count). The van der Waals surface area contributed by atoms with Crippen molar-refractivity contribution in [2.24, 2.45) is 5.92 Å². The quantitative estimate of drug-likeness (QED) is 0.686. The number of ether oxygens (including phenoxy) is 1. The number of hydrogen-bond acceptors (Lipinski definition) is 3. The van der Waals surface area contributed by atoms with Crippen LogP contribution in [0, 0.1) is 5.92 Å². The van der Waals surface area contributed by atoms with Gasteiger partial charge in [-0.3, -0.25) is 4.79 Å². The first-order valence-corrected chi connectivity index (χ1v) is 7.73. The van der Waals surface area contributed by atoms with Crippen molar-refractivity contribution in [3.63, 3.8) is 0 Å². The van der Waals surface area contributed by atoms with Crippen LogP contribution in [-0.2, 0) is 9.53 Å². The largest absolute Gasteiger partial charge is 0.382 e. The van der Waals surface area contributed by atoms with E-state index in [-0.39, 0.29) is 5.91 Å². The molecule has 0 aliphatic carbocycles. The van der Waals surface area contributed by atoms with Gasteiger partial charge in [-0.25, -0.2) is 0 Å². The maximum atomic E-state index is 12.3. The zero-order valence-corrected chi connectivity index (χ0v) is 12.8. The molecule has 0 atom stereocenters. The number of amides is 1. The first-order chi connectivity index (χ1) is 9.15. The fraction of sp³-hybridized carbons (Fsp3) is 0.933. The molecule has 0 unspecified atom stereocenters. The van der Waals surface area contributed by atoms with Crippen LogP contribution in [0.15, 0.2) is 0 Å². The van der Waals surface area contributed by atoms with Crippen molar-refractivity contribution in [1.82, 2.24) is 10.2 Å². The van der Waals surface area contributed by atoms with Gasteiger partial charge in [-0.05, 0) is 59.0 Å². The lowest BCUT2D eigenvalue weighted by molar-refractivity contribution is -0.134. The van der Waals surface area contributed by atoms with Crippen molar-refractivity contribution in [2.45, 2.75) is 52.5 Å². The maximum Gasteiger partial charge on any atom is 0.222 e. The van der Waals surface area contributed by atoms with Crippen LogP contribution in [0.25, 0.3) is 0 Å². The highest BCUT2D eigenvalue weighted by molar-refractivity contribution is 5.76. The van der Waals surface area contributed by atoms with Crippen LogP contribution < -0.4 is 5.32 Å². The second kappa shape index (κ2) is 9.32. The number of rotatable bonds is 8. The fourth-order valence-electron chi connectivity index (χ4n) is 2.56. The van der Waals surface area contributed by atoms with E-state index in [1.807, 2.05) is 6.92 Å². The third kappa shape index (κ3) is 6.39. The Morgan fingerprint density at radius 2 is 2.05 bits per heavy atom. The van der Waals surface area contributed by atoms with Gasteiger partial charge < -0.3 is 15.0 Å². The monoisotopic (exact) mass is 270 g/mol. The minimum Gasteiger partial charge on any atom is -0.382 e. The van der Waals surface area contributed by atoms with E-state index < -0.39 is 0 Å². The van der Waals surface area contributed by atoms with Crippen molar-refractivity contribution in [3.05, 3.63) is 0 Å². The molecule has 0 aromatic rings. The lowest BCUT2D eigenvalue weighted by Gasteiger charge is -2.33. The van der Waals surface area contributed by atoms with Gasteiger partial charge in [0.1, 0.15) is 0 Å². The smallest absolute Gasteiger partial charge is 0.222 e. The predicted molar refractivity (Wildman–Crippen MR) is 78.2 cm³/mol. The van der Waals surface area contributed by atoms with E-state index in [0.29, 0.717) is 25.0 Å². The summed E-state index contributed by atoms with van der Waals surface area (Å²) in [7, 11) is 0. The minimum atomic E-state index is 0.285. The SMILES string of the molecule is CCOCCCC(=O)N(CC1CCNCC1)C(C)C. The van der Waals surface area contributed by atoms with E-state index in [1.54, 1.807) is 0 Å². The van der Waals surface area contributed by atoms with Gasteiger partial charge in [0, 0.05) is 32.2 Å². The van der Waals surface area contributed by atoms with Crippen molar-refractivity contribution in [1.29, 1.82) is 0 Å². The van der Waals surface area contributed by atoms with Crippen LogP contribution in [0.2, 0.25) is 0 Å². The molecule has 1 N–H and O–H groups in total. The third-order valence-electron chi connectivity index (χ3n) is 3.74. The zero-order chi connectivity index (χ0) is 14.1. The van der Waals surface area contributed by atoms with E-state index in [0.717, 1.165) is 32.7 Å². The molecular formula is C15H30N2O2. The molecule has 0 saturated carbocycles. The number of carbonyl (C=O) groups is 1. The lowest BCUT2D eigenvalue weighted by Crippen LogP contribution is -2.42. The maximum absolute atomic E-state index is 12.3. The Kier molecular flexibility index (Phi) is 8.07. The van der Waals surface area contributed by atoms with Gasteiger partial charge in [0.2, 0.25) is 5.91 Å². The summed E-state index contributed by atoms with van der Waals surface area (Å²) >= 11 is 0. The second-order valence-electron chi connectivity index (χ2n) is 5.63. The van der Waals surface area contributed by atoms with E-state index in [1.165, 1.54) is 12.8 Å². The molecular weight excluding hydrogens is 240 g/mol. The summed E-state index contributed by atoms with van der Waals surface area (Å²) in [6.45, 7) is 10.7. The molecule has 19 heavy (non-hydrogen) atoms. The van der Waals surface area contributed by atoms with Gasteiger partial charge in [0.05, 0.1) is 0 Å². The Labute approximate surface area is 117 Å². The van der Waals surface area contributed by atoms with Crippen LogP contribution in [0.4, 0.5) is 0 Å². The summed E-state index contributed by atoms with van der Waals surface area (Å²) in [4.78, 5) is 14.3. The third-order valence-corrected chi connectivity index (χ3v) is 3.74. The molecule has 1 aliphatic rings. The zero-order valence-electron chi connectivity index (χ0n) is 12.8. The molecule has 4 heteroatoms. The first kappa shape index (κ1) is 16.4. The van der Waals surface area contributed by atoms with Crippen molar-refractivity contribution in [2.75, 3.05) is 32.8 Å². The summed E-state index contributed by atoms with van der Waals surface area (Å²) in [5, 5.41) is 3.37. The molecule has 0 radical (unpaired) electrons. The molecule has 0 aromatic heterocycles. The molecule has 1 amide bonds. The van der Waals surface area contributed by atoms with Crippen LogP contribution in [0.5, 0.6) is 0 Å². The van der Waals surface area contributed by atoms with Gasteiger partial charge >= 0.3 is 0 Å². The molecule has 1 heterocycles. The van der Waals surface area contributed by atoms with Crippen molar-refractivity contribution < 1.29 is 9.53 Å². The Balaban J connectivity index is 2.35. The van der Waals surface area contributed by atoms with Gasteiger partial charge in [0.25, 0.3) is 0 Å².